The average Bonchev–Trinajstić information content (AvgIpc) is 2.83. The number of rotatable bonds is 9. The van der Waals surface area contributed by atoms with E-state index in [0.717, 1.165) is 38.3 Å². The van der Waals surface area contributed by atoms with Crippen molar-refractivity contribution in [2.24, 2.45) is 0 Å². The van der Waals surface area contributed by atoms with Crippen LogP contribution in [0.15, 0.2) is 42.5 Å². The lowest BCUT2D eigenvalue weighted by atomic mass is 10.1. The van der Waals surface area contributed by atoms with Gasteiger partial charge in [0.05, 0.1) is 11.4 Å². The minimum atomic E-state index is -0.175. The molecule has 1 aliphatic heterocycles. The number of nitrogens with two attached hydrogens (primary N) is 1. The first-order valence-electron chi connectivity index (χ1n) is 11.7. The van der Waals surface area contributed by atoms with E-state index in [1.165, 1.54) is 11.3 Å². The number of hydrogen-bond donors (Lipinski definition) is 4. The van der Waals surface area contributed by atoms with Crippen LogP contribution in [0, 0.1) is 6.92 Å². The van der Waals surface area contributed by atoms with Crippen LogP contribution in [-0.2, 0) is 0 Å². The number of aryl methyl sites for hydroxylation is 1. The van der Waals surface area contributed by atoms with Crippen molar-refractivity contribution in [3.8, 4) is 0 Å². The molecule has 0 aromatic heterocycles. The maximum absolute atomic E-state index is 12.5. The third kappa shape index (κ3) is 6.78. The molecule has 3 rings (SSSR count). The number of piperazine rings is 1. The van der Waals surface area contributed by atoms with Crippen LogP contribution >= 0.6 is 0 Å². The highest BCUT2D eigenvalue weighted by Gasteiger charge is 2.20. The smallest absolute Gasteiger partial charge is 0.314 e. The fraction of sp³-hybridized carbons (Fsp3) is 0.440. The summed E-state index contributed by atoms with van der Waals surface area (Å²) in [6.07, 6.45) is 1.55. The van der Waals surface area contributed by atoms with Gasteiger partial charge in [0.2, 0.25) is 0 Å². The molecule has 178 valence electrons. The highest BCUT2D eigenvalue weighted by Crippen LogP contribution is 2.27. The predicted octanol–water partition coefficient (Wildman–Crippen LogP) is 2.73. The maximum atomic E-state index is 12.5. The van der Waals surface area contributed by atoms with Gasteiger partial charge in [0, 0.05) is 57.1 Å². The Morgan fingerprint density at radius 3 is 2.18 bits per heavy atom. The van der Waals surface area contributed by atoms with E-state index in [2.05, 4.69) is 56.9 Å². The van der Waals surface area contributed by atoms with Crippen LogP contribution in [-0.4, -0.2) is 57.8 Å². The summed E-state index contributed by atoms with van der Waals surface area (Å²) in [5, 5.41) is 8.41. The Hall–Kier alpha value is -3.42. The summed E-state index contributed by atoms with van der Waals surface area (Å²) >= 11 is 0. The van der Waals surface area contributed by atoms with Crippen LogP contribution in [0.4, 0.5) is 21.9 Å². The van der Waals surface area contributed by atoms with Gasteiger partial charge in [0.25, 0.3) is 5.91 Å². The summed E-state index contributed by atoms with van der Waals surface area (Å²) in [5.41, 5.74) is 11.0. The van der Waals surface area contributed by atoms with E-state index in [1.54, 1.807) is 6.07 Å². The number of carbonyl (C=O) groups is 2. The molecule has 2 aromatic rings. The van der Waals surface area contributed by atoms with Gasteiger partial charge < -0.3 is 31.5 Å². The second kappa shape index (κ2) is 12.0. The summed E-state index contributed by atoms with van der Waals surface area (Å²) in [7, 11) is 0. The molecule has 0 spiro atoms. The first-order chi connectivity index (χ1) is 16.0. The molecule has 1 fully saturated rings. The Balaban J connectivity index is 1.45. The van der Waals surface area contributed by atoms with Crippen molar-refractivity contribution in [2.75, 3.05) is 61.3 Å². The number of nitrogen functional groups attached to an aromatic ring is 1. The lowest BCUT2D eigenvalue weighted by Gasteiger charge is -2.38. The van der Waals surface area contributed by atoms with Crippen molar-refractivity contribution in [2.45, 2.75) is 26.7 Å². The van der Waals surface area contributed by atoms with E-state index in [-0.39, 0.29) is 11.9 Å². The summed E-state index contributed by atoms with van der Waals surface area (Å²) in [4.78, 5) is 28.7. The molecule has 5 N–H and O–H groups in total. The number of amides is 3. The Bertz CT molecular complexity index is 940. The van der Waals surface area contributed by atoms with Crippen molar-refractivity contribution in [1.29, 1.82) is 0 Å². The number of nitrogens with zero attached hydrogens (tertiary/aromatic N) is 2. The van der Waals surface area contributed by atoms with Crippen molar-refractivity contribution in [3.63, 3.8) is 0 Å². The van der Waals surface area contributed by atoms with E-state index < -0.39 is 0 Å². The number of nitrogens with one attached hydrogen (secondary N) is 3. The molecule has 0 aliphatic carbocycles. The van der Waals surface area contributed by atoms with E-state index >= 15 is 0 Å². The van der Waals surface area contributed by atoms with Gasteiger partial charge >= 0.3 is 6.03 Å². The molecule has 33 heavy (non-hydrogen) atoms. The zero-order chi connectivity index (χ0) is 23.6. The third-order valence-electron chi connectivity index (χ3n) is 5.83. The molecule has 0 unspecified atom stereocenters. The maximum Gasteiger partial charge on any atom is 0.314 e. The number of para-hydroxylation sites is 1. The molecule has 3 amide bonds. The predicted molar refractivity (Wildman–Crippen MR) is 135 cm³/mol. The molecule has 8 nitrogen and oxygen atoms in total. The van der Waals surface area contributed by atoms with E-state index in [0.29, 0.717) is 37.3 Å². The quantitative estimate of drug-likeness (QED) is 0.346. The fourth-order valence-electron chi connectivity index (χ4n) is 3.99. The van der Waals surface area contributed by atoms with Gasteiger partial charge in [-0.05, 0) is 49.6 Å². The Labute approximate surface area is 196 Å². The molecule has 0 radical (unpaired) electrons. The zero-order valence-electron chi connectivity index (χ0n) is 19.7. The lowest BCUT2D eigenvalue weighted by molar-refractivity contribution is 0.0953. The first kappa shape index (κ1) is 24.2. The number of benzene rings is 2. The molecular weight excluding hydrogens is 416 g/mol. The molecule has 1 heterocycles. The largest absolute Gasteiger partial charge is 0.397 e. The average molecular weight is 453 g/mol. The van der Waals surface area contributed by atoms with Crippen molar-refractivity contribution >= 4 is 29.0 Å². The van der Waals surface area contributed by atoms with Gasteiger partial charge in [-0.15, -0.1) is 0 Å². The first-order valence-corrected chi connectivity index (χ1v) is 11.7. The standard InChI is InChI=1S/C25H36N6O2/c1-3-11-28-25(33)29-13-6-12-27-24(32)20-9-10-23(21(26)18-20)31-16-14-30(15-17-31)22-8-5-4-7-19(22)2/h4-5,7-10,18H,3,6,11-17,26H2,1-2H3,(H,27,32)(H2,28,29,33). The van der Waals surface area contributed by atoms with Gasteiger partial charge in [-0.25, -0.2) is 4.79 Å². The zero-order valence-corrected chi connectivity index (χ0v) is 19.7. The minimum absolute atomic E-state index is 0.159. The summed E-state index contributed by atoms with van der Waals surface area (Å²) in [6.45, 7) is 9.40. The number of hydrogen-bond acceptors (Lipinski definition) is 5. The topological polar surface area (TPSA) is 103 Å². The molecule has 2 aromatic carbocycles. The normalized spacial score (nSPS) is 13.5. The molecular formula is C25H36N6O2. The van der Waals surface area contributed by atoms with Gasteiger partial charge in [-0.3, -0.25) is 4.79 Å². The van der Waals surface area contributed by atoms with Gasteiger partial charge in [0.15, 0.2) is 0 Å². The molecule has 0 bridgehead atoms. The Kier molecular flexibility index (Phi) is 8.80. The van der Waals surface area contributed by atoms with E-state index in [4.69, 9.17) is 5.73 Å². The van der Waals surface area contributed by atoms with Crippen LogP contribution in [0.25, 0.3) is 0 Å². The van der Waals surface area contributed by atoms with E-state index in [1.807, 2.05) is 19.1 Å². The van der Waals surface area contributed by atoms with Crippen LogP contribution in [0.5, 0.6) is 0 Å². The van der Waals surface area contributed by atoms with Crippen LogP contribution in [0.3, 0.4) is 0 Å². The van der Waals surface area contributed by atoms with E-state index in [9.17, 15) is 9.59 Å². The summed E-state index contributed by atoms with van der Waals surface area (Å²) in [5.74, 6) is -0.159. The Morgan fingerprint density at radius 2 is 1.52 bits per heavy atom. The molecule has 8 heteroatoms. The van der Waals surface area contributed by atoms with Crippen molar-refractivity contribution in [1.82, 2.24) is 16.0 Å². The van der Waals surface area contributed by atoms with Gasteiger partial charge in [-0.1, -0.05) is 25.1 Å². The minimum Gasteiger partial charge on any atom is -0.397 e. The number of urea groups is 1. The van der Waals surface area contributed by atoms with Gasteiger partial charge in [0.1, 0.15) is 0 Å². The second-order valence-corrected chi connectivity index (χ2v) is 8.33. The van der Waals surface area contributed by atoms with Crippen molar-refractivity contribution in [3.05, 3.63) is 53.6 Å². The van der Waals surface area contributed by atoms with Gasteiger partial charge in [-0.2, -0.15) is 0 Å². The van der Waals surface area contributed by atoms with Crippen LogP contribution < -0.4 is 31.5 Å². The third-order valence-corrected chi connectivity index (χ3v) is 5.83. The SMILES string of the molecule is CCCNC(=O)NCCCNC(=O)c1ccc(N2CCN(c3ccccc3C)CC2)c(N)c1. The number of anilines is 3. The highest BCUT2D eigenvalue weighted by atomic mass is 16.2. The molecule has 0 saturated carbocycles. The second-order valence-electron chi connectivity index (χ2n) is 8.33. The monoisotopic (exact) mass is 452 g/mol. The molecule has 0 atom stereocenters. The van der Waals surface area contributed by atoms with Crippen LogP contribution in [0.2, 0.25) is 0 Å². The Morgan fingerprint density at radius 1 is 0.879 bits per heavy atom. The molecule has 1 aliphatic rings. The summed E-state index contributed by atoms with van der Waals surface area (Å²) in [6, 6.07) is 13.8. The fourth-order valence-corrected chi connectivity index (χ4v) is 3.99. The highest BCUT2D eigenvalue weighted by molar-refractivity contribution is 5.96. The summed E-state index contributed by atoms with van der Waals surface area (Å²) < 4.78 is 0. The lowest BCUT2D eigenvalue weighted by Crippen LogP contribution is -2.47. The van der Waals surface area contributed by atoms with Crippen molar-refractivity contribution < 1.29 is 9.59 Å². The van der Waals surface area contributed by atoms with Crippen LogP contribution in [0.1, 0.15) is 35.7 Å². The number of carbonyl (C=O) groups excluding carboxylic acids is 2. The molecule has 1 saturated heterocycles.